The first-order chi connectivity index (χ1) is 10.3. The smallest absolute Gasteiger partial charge is 0.231 e. The summed E-state index contributed by atoms with van der Waals surface area (Å²) < 4.78 is 17.1. The molecule has 0 saturated carbocycles. The van der Waals surface area contributed by atoms with Crippen LogP contribution in [0.3, 0.4) is 0 Å². The van der Waals surface area contributed by atoms with E-state index in [-0.39, 0.29) is 12.9 Å². The number of hydrogen-bond donors (Lipinski definition) is 0. The molecule has 0 spiro atoms. The number of benzene rings is 2. The Labute approximate surface area is 123 Å². The molecule has 2 aliphatic rings. The Balaban J connectivity index is 1.78. The predicted molar refractivity (Wildman–Crippen MR) is 80.6 cm³/mol. The van der Waals surface area contributed by atoms with Crippen LogP contribution in [0.2, 0.25) is 0 Å². The molecule has 3 heteroatoms. The quantitative estimate of drug-likeness (QED) is 0.819. The Morgan fingerprint density at radius 1 is 1.00 bits per heavy atom. The Hall–Kier alpha value is -2.42. The van der Waals surface area contributed by atoms with Crippen molar-refractivity contribution in [1.29, 1.82) is 0 Å². The lowest BCUT2D eigenvalue weighted by molar-refractivity contribution is 0.173. The molecular formula is C18H16O3. The third-order valence-corrected chi connectivity index (χ3v) is 3.94. The molecule has 0 radical (unpaired) electrons. The van der Waals surface area contributed by atoms with Gasteiger partial charge in [-0.2, -0.15) is 0 Å². The lowest BCUT2D eigenvalue weighted by atomic mass is 9.94. The van der Waals surface area contributed by atoms with Crippen molar-refractivity contribution in [3.8, 4) is 17.2 Å². The van der Waals surface area contributed by atoms with E-state index in [0.717, 1.165) is 29.2 Å². The molecule has 2 aromatic rings. The van der Waals surface area contributed by atoms with Gasteiger partial charge >= 0.3 is 0 Å². The molecule has 0 fully saturated rings. The second-order valence-corrected chi connectivity index (χ2v) is 5.22. The van der Waals surface area contributed by atoms with Crippen molar-refractivity contribution in [3.63, 3.8) is 0 Å². The first kappa shape index (κ1) is 12.3. The maximum absolute atomic E-state index is 6.24. The van der Waals surface area contributed by atoms with Crippen molar-refractivity contribution < 1.29 is 14.2 Å². The van der Waals surface area contributed by atoms with E-state index >= 15 is 0 Å². The Morgan fingerprint density at radius 3 is 2.52 bits per heavy atom. The molecule has 0 saturated heterocycles. The van der Waals surface area contributed by atoms with Crippen molar-refractivity contribution in [2.75, 3.05) is 6.79 Å². The van der Waals surface area contributed by atoms with E-state index in [9.17, 15) is 0 Å². The highest BCUT2D eigenvalue weighted by atomic mass is 16.7. The lowest BCUT2D eigenvalue weighted by Gasteiger charge is -2.27. The van der Waals surface area contributed by atoms with Crippen LogP contribution >= 0.6 is 0 Å². The van der Waals surface area contributed by atoms with E-state index < -0.39 is 0 Å². The summed E-state index contributed by atoms with van der Waals surface area (Å²) in [5.41, 5.74) is 3.50. The van der Waals surface area contributed by atoms with Gasteiger partial charge in [0.2, 0.25) is 6.79 Å². The van der Waals surface area contributed by atoms with Crippen molar-refractivity contribution in [1.82, 2.24) is 0 Å². The molecular weight excluding hydrogens is 264 g/mol. The first-order valence-electron chi connectivity index (χ1n) is 7.21. The molecule has 3 nitrogen and oxygen atoms in total. The SMILES string of the molecule is CCC1=Cc2cc3c(cc2OC1c1ccccc1)OCO3. The van der Waals surface area contributed by atoms with Gasteiger partial charge in [-0.25, -0.2) is 0 Å². The molecule has 1 atom stereocenters. The van der Waals surface area contributed by atoms with Gasteiger partial charge in [0.15, 0.2) is 11.5 Å². The first-order valence-corrected chi connectivity index (χ1v) is 7.21. The molecule has 0 aromatic heterocycles. The molecule has 0 amide bonds. The van der Waals surface area contributed by atoms with Gasteiger partial charge in [0.25, 0.3) is 0 Å². The summed E-state index contributed by atoms with van der Waals surface area (Å²) in [5, 5.41) is 0. The average molecular weight is 280 g/mol. The Morgan fingerprint density at radius 2 is 1.76 bits per heavy atom. The van der Waals surface area contributed by atoms with Gasteiger partial charge in [-0.1, -0.05) is 37.3 Å². The van der Waals surface area contributed by atoms with Gasteiger partial charge in [-0.15, -0.1) is 0 Å². The van der Waals surface area contributed by atoms with Crippen molar-refractivity contribution in [2.45, 2.75) is 19.4 Å². The molecule has 2 aromatic carbocycles. The second kappa shape index (κ2) is 4.85. The zero-order chi connectivity index (χ0) is 14.2. The number of ether oxygens (including phenoxy) is 3. The largest absolute Gasteiger partial charge is 0.481 e. The van der Waals surface area contributed by atoms with Crippen LogP contribution in [-0.2, 0) is 0 Å². The summed E-state index contributed by atoms with van der Waals surface area (Å²) in [6.45, 7) is 2.44. The minimum Gasteiger partial charge on any atom is -0.481 e. The summed E-state index contributed by atoms with van der Waals surface area (Å²) in [7, 11) is 0. The van der Waals surface area contributed by atoms with E-state index in [1.807, 2.05) is 30.3 Å². The van der Waals surface area contributed by atoms with Crippen LogP contribution in [0.15, 0.2) is 48.0 Å². The van der Waals surface area contributed by atoms with Crippen LogP contribution in [0.1, 0.15) is 30.6 Å². The predicted octanol–water partition coefficient (Wildman–Crippen LogP) is 4.34. The van der Waals surface area contributed by atoms with Gasteiger partial charge in [0.05, 0.1) is 0 Å². The summed E-state index contributed by atoms with van der Waals surface area (Å²) in [4.78, 5) is 0. The zero-order valence-electron chi connectivity index (χ0n) is 11.8. The highest BCUT2D eigenvalue weighted by Gasteiger charge is 2.26. The van der Waals surface area contributed by atoms with Crippen molar-refractivity contribution >= 4 is 6.08 Å². The van der Waals surface area contributed by atoms with Crippen LogP contribution < -0.4 is 14.2 Å². The van der Waals surface area contributed by atoms with Gasteiger partial charge in [0.1, 0.15) is 11.9 Å². The molecule has 106 valence electrons. The molecule has 2 aliphatic heterocycles. The van der Waals surface area contributed by atoms with Gasteiger partial charge in [-0.05, 0) is 29.7 Å². The number of hydrogen-bond acceptors (Lipinski definition) is 3. The summed E-state index contributed by atoms with van der Waals surface area (Å²) in [6.07, 6.45) is 3.13. The van der Waals surface area contributed by atoms with E-state index in [1.54, 1.807) is 0 Å². The lowest BCUT2D eigenvalue weighted by Crippen LogP contribution is -2.14. The monoisotopic (exact) mass is 280 g/mol. The molecule has 0 aliphatic carbocycles. The zero-order valence-corrected chi connectivity index (χ0v) is 11.8. The fraction of sp³-hybridized carbons (Fsp3) is 0.222. The van der Waals surface area contributed by atoms with E-state index in [0.29, 0.717) is 0 Å². The fourth-order valence-electron chi connectivity index (χ4n) is 2.83. The molecule has 2 heterocycles. The van der Waals surface area contributed by atoms with Gasteiger partial charge in [0, 0.05) is 11.6 Å². The Kier molecular flexibility index (Phi) is 2.85. The van der Waals surface area contributed by atoms with Crippen molar-refractivity contribution in [3.05, 3.63) is 59.2 Å². The topological polar surface area (TPSA) is 27.7 Å². The molecule has 0 bridgehead atoms. The molecule has 4 rings (SSSR count). The third-order valence-electron chi connectivity index (χ3n) is 3.94. The fourth-order valence-corrected chi connectivity index (χ4v) is 2.83. The number of rotatable bonds is 2. The Bertz CT molecular complexity index is 704. The minimum absolute atomic E-state index is 0.0240. The van der Waals surface area contributed by atoms with Crippen LogP contribution in [-0.4, -0.2) is 6.79 Å². The average Bonchev–Trinajstić information content (AvgIpc) is 2.99. The van der Waals surface area contributed by atoms with Crippen LogP contribution in [0.4, 0.5) is 0 Å². The summed E-state index contributed by atoms with van der Waals surface area (Å²) in [5.74, 6) is 2.40. The minimum atomic E-state index is -0.0240. The van der Waals surface area contributed by atoms with Crippen LogP contribution in [0, 0.1) is 0 Å². The summed E-state index contributed by atoms with van der Waals surface area (Å²) >= 11 is 0. The van der Waals surface area contributed by atoms with Gasteiger partial charge in [-0.3, -0.25) is 0 Å². The molecule has 21 heavy (non-hydrogen) atoms. The standard InChI is InChI=1S/C18H16O3/c1-2-12-8-14-9-16-17(20-11-19-16)10-15(14)21-18(12)13-6-4-3-5-7-13/h3-10,18H,2,11H2,1H3. The highest BCUT2D eigenvalue weighted by molar-refractivity contribution is 5.68. The summed E-state index contributed by atoms with van der Waals surface area (Å²) in [6, 6.07) is 14.2. The van der Waals surface area contributed by atoms with E-state index in [1.165, 1.54) is 11.1 Å². The van der Waals surface area contributed by atoms with E-state index in [2.05, 4.69) is 25.1 Å². The maximum Gasteiger partial charge on any atom is 0.231 e. The van der Waals surface area contributed by atoms with E-state index in [4.69, 9.17) is 14.2 Å². The number of fused-ring (bicyclic) bond motifs is 2. The van der Waals surface area contributed by atoms with Crippen molar-refractivity contribution in [2.24, 2.45) is 0 Å². The van der Waals surface area contributed by atoms with Crippen LogP contribution in [0.25, 0.3) is 6.08 Å². The normalized spacial score (nSPS) is 18.7. The second-order valence-electron chi connectivity index (χ2n) is 5.22. The van der Waals surface area contributed by atoms with Crippen LogP contribution in [0.5, 0.6) is 17.2 Å². The third kappa shape index (κ3) is 2.05. The van der Waals surface area contributed by atoms with Gasteiger partial charge < -0.3 is 14.2 Å². The molecule has 0 N–H and O–H groups in total. The maximum atomic E-state index is 6.24. The molecule has 1 unspecified atom stereocenters. The highest BCUT2D eigenvalue weighted by Crippen LogP contribution is 2.44.